The zero-order valence-electron chi connectivity index (χ0n) is 12.5. The molecule has 0 amide bonds. The van der Waals surface area contributed by atoms with E-state index < -0.39 is 0 Å². The second-order valence-corrected chi connectivity index (χ2v) is 5.59. The minimum Gasteiger partial charge on any atom is -0.339 e. The van der Waals surface area contributed by atoms with Crippen LogP contribution in [0, 0.1) is 0 Å². The molecule has 3 rings (SSSR count). The monoisotopic (exact) mass is 290 g/mol. The molecule has 21 heavy (non-hydrogen) atoms. The summed E-state index contributed by atoms with van der Waals surface area (Å²) in [6.07, 6.45) is 8.93. The Kier molecular flexibility index (Phi) is 4.59. The number of rotatable bonds is 6. The van der Waals surface area contributed by atoms with Gasteiger partial charge in [-0.25, -0.2) is 4.98 Å². The molecule has 1 fully saturated rings. The van der Waals surface area contributed by atoms with Crippen LogP contribution < -0.4 is 0 Å². The molecule has 0 unspecified atom stereocenters. The largest absolute Gasteiger partial charge is 0.339 e. The van der Waals surface area contributed by atoms with Gasteiger partial charge in [0.05, 0.1) is 13.1 Å². The minimum absolute atomic E-state index is 0.466. The number of likely N-dealkylation sites (tertiary alicyclic amines) is 1. The molecule has 0 aromatic carbocycles. The Hall–Kier alpha value is -1.76. The van der Waals surface area contributed by atoms with Gasteiger partial charge in [-0.05, 0) is 25.8 Å². The van der Waals surface area contributed by atoms with E-state index in [9.17, 15) is 0 Å². The van der Waals surface area contributed by atoms with E-state index in [4.69, 9.17) is 4.52 Å². The summed E-state index contributed by atoms with van der Waals surface area (Å²) in [5, 5.41) is 8.31. The summed E-state index contributed by atoms with van der Waals surface area (Å²) < 4.78 is 7.18. The Labute approximate surface area is 124 Å². The number of nitrogens with zero attached hydrogens (tertiary/aromatic N) is 6. The molecule has 1 aliphatic heterocycles. The van der Waals surface area contributed by atoms with E-state index in [1.165, 1.54) is 19.3 Å². The van der Waals surface area contributed by atoms with Crippen molar-refractivity contribution in [3.63, 3.8) is 0 Å². The highest BCUT2D eigenvalue weighted by Gasteiger charge is 2.24. The standard InChI is InChI=1S/C14H22N6O/c1-2-5-14-17-13(18-21-14)9-19-7-4-3-6-12(19)8-20-11-15-10-16-20/h10-12H,2-9H2,1H3/t12-/m0/s1. The van der Waals surface area contributed by atoms with E-state index in [-0.39, 0.29) is 0 Å². The Morgan fingerprint density at radius 2 is 2.33 bits per heavy atom. The second kappa shape index (κ2) is 6.80. The maximum absolute atomic E-state index is 5.27. The van der Waals surface area contributed by atoms with Crippen LogP contribution in [0.2, 0.25) is 0 Å². The van der Waals surface area contributed by atoms with Crippen molar-refractivity contribution in [3.8, 4) is 0 Å². The van der Waals surface area contributed by atoms with Crippen molar-refractivity contribution < 1.29 is 4.52 Å². The van der Waals surface area contributed by atoms with Crippen molar-refractivity contribution in [3.05, 3.63) is 24.4 Å². The lowest BCUT2D eigenvalue weighted by Crippen LogP contribution is -2.41. The highest BCUT2D eigenvalue weighted by molar-refractivity contribution is 4.89. The minimum atomic E-state index is 0.466. The van der Waals surface area contributed by atoms with E-state index in [0.29, 0.717) is 6.04 Å². The van der Waals surface area contributed by atoms with Crippen LogP contribution in [-0.4, -0.2) is 42.4 Å². The fraction of sp³-hybridized carbons (Fsp3) is 0.714. The fourth-order valence-electron chi connectivity index (χ4n) is 2.87. The molecule has 114 valence electrons. The van der Waals surface area contributed by atoms with Gasteiger partial charge >= 0.3 is 0 Å². The van der Waals surface area contributed by atoms with E-state index in [1.807, 2.05) is 4.68 Å². The van der Waals surface area contributed by atoms with Gasteiger partial charge in [0.2, 0.25) is 5.89 Å². The molecule has 0 N–H and O–H groups in total. The number of hydrogen-bond donors (Lipinski definition) is 0. The van der Waals surface area contributed by atoms with E-state index in [2.05, 4.69) is 32.0 Å². The predicted molar refractivity (Wildman–Crippen MR) is 76.4 cm³/mol. The third kappa shape index (κ3) is 3.66. The van der Waals surface area contributed by atoms with Crippen molar-refractivity contribution in [2.75, 3.05) is 6.54 Å². The van der Waals surface area contributed by atoms with Crippen molar-refractivity contribution in [2.24, 2.45) is 0 Å². The summed E-state index contributed by atoms with van der Waals surface area (Å²) in [6, 6.07) is 0.466. The van der Waals surface area contributed by atoms with Crippen molar-refractivity contribution in [1.29, 1.82) is 0 Å². The maximum atomic E-state index is 5.27. The van der Waals surface area contributed by atoms with Crippen LogP contribution >= 0.6 is 0 Å². The first-order valence-electron chi connectivity index (χ1n) is 7.73. The average molecular weight is 290 g/mol. The quantitative estimate of drug-likeness (QED) is 0.805. The van der Waals surface area contributed by atoms with Crippen LogP contribution in [0.4, 0.5) is 0 Å². The van der Waals surface area contributed by atoms with Crippen LogP contribution in [0.1, 0.15) is 44.3 Å². The van der Waals surface area contributed by atoms with E-state index in [1.54, 1.807) is 12.7 Å². The van der Waals surface area contributed by atoms with Crippen LogP contribution in [0.15, 0.2) is 17.2 Å². The van der Waals surface area contributed by atoms with Gasteiger partial charge in [-0.2, -0.15) is 10.1 Å². The third-order valence-corrected chi connectivity index (χ3v) is 3.93. The molecule has 2 aromatic heterocycles. The lowest BCUT2D eigenvalue weighted by atomic mass is 10.0. The molecule has 7 nitrogen and oxygen atoms in total. The highest BCUT2D eigenvalue weighted by Crippen LogP contribution is 2.20. The predicted octanol–water partition coefficient (Wildman–Crippen LogP) is 1.67. The number of aryl methyl sites for hydroxylation is 1. The SMILES string of the molecule is CCCc1nc(CN2CCCC[C@H]2Cn2cncn2)no1. The molecule has 0 spiro atoms. The number of aromatic nitrogens is 5. The van der Waals surface area contributed by atoms with Gasteiger partial charge in [0.25, 0.3) is 0 Å². The number of piperidine rings is 1. The van der Waals surface area contributed by atoms with Gasteiger partial charge in [0.15, 0.2) is 5.82 Å². The summed E-state index contributed by atoms with van der Waals surface area (Å²) >= 11 is 0. The molecule has 1 atom stereocenters. The lowest BCUT2D eigenvalue weighted by molar-refractivity contribution is 0.117. The first-order valence-corrected chi connectivity index (χ1v) is 7.73. The van der Waals surface area contributed by atoms with Gasteiger partial charge < -0.3 is 4.52 Å². The summed E-state index contributed by atoms with van der Waals surface area (Å²) in [7, 11) is 0. The molecule has 0 aliphatic carbocycles. The molecular weight excluding hydrogens is 268 g/mol. The Bertz CT molecular complexity index is 537. The Balaban J connectivity index is 1.63. The highest BCUT2D eigenvalue weighted by atomic mass is 16.5. The average Bonchev–Trinajstić information content (AvgIpc) is 3.14. The first kappa shape index (κ1) is 14.2. The Morgan fingerprint density at radius 1 is 1.38 bits per heavy atom. The molecular formula is C14H22N6O. The van der Waals surface area contributed by atoms with Crippen LogP contribution in [0.3, 0.4) is 0 Å². The zero-order chi connectivity index (χ0) is 14.5. The lowest BCUT2D eigenvalue weighted by Gasteiger charge is -2.34. The third-order valence-electron chi connectivity index (χ3n) is 3.93. The smallest absolute Gasteiger partial charge is 0.226 e. The van der Waals surface area contributed by atoms with Crippen molar-refractivity contribution >= 4 is 0 Å². The molecule has 0 radical (unpaired) electrons. The summed E-state index contributed by atoms with van der Waals surface area (Å²) in [4.78, 5) is 10.9. The Morgan fingerprint density at radius 3 is 3.14 bits per heavy atom. The number of hydrogen-bond acceptors (Lipinski definition) is 6. The fourth-order valence-corrected chi connectivity index (χ4v) is 2.87. The van der Waals surface area contributed by atoms with E-state index >= 15 is 0 Å². The topological polar surface area (TPSA) is 72.9 Å². The molecule has 7 heteroatoms. The summed E-state index contributed by atoms with van der Waals surface area (Å²) in [5.41, 5.74) is 0. The molecule has 1 aliphatic rings. The zero-order valence-corrected chi connectivity index (χ0v) is 12.5. The van der Waals surface area contributed by atoms with Crippen LogP contribution in [0.25, 0.3) is 0 Å². The second-order valence-electron chi connectivity index (χ2n) is 5.59. The summed E-state index contributed by atoms with van der Waals surface area (Å²) in [6.45, 7) is 4.83. The first-order chi connectivity index (χ1) is 10.3. The van der Waals surface area contributed by atoms with Crippen LogP contribution in [0.5, 0.6) is 0 Å². The van der Waals surface area contributed by atoms with Gasteiger partial charge in [0.1, 0.15) is 12.7 Å². The molecule has 0 bridgehead atoms. The van der Waals surface area contributed by atoms with Crippen molar-refractivity contribution in [2.45, 2.75) is 58.2 Å². The van der Waals surface area contributed by atoms with Gasteiger partial charge in [0, 0.05) is 12.5 Å². The normalized spacial score (nSPS) is 20.0. The van der Waals surface area contributed by atoms with Gasteiger partial charge in [-0.15, -0.1) is 0 Å². The van der Waals surface area contributed by atoms with Crippen LogP contribution in [-0.2, 0) is 19.5 Å². The molecule has 0 saturated carbocycles. The molecule has 1 saturated heterocycles. The van der Waals surface area contributed by atoms with Gasteiger partial charge in [-0.1, -0.05) is 18.5 Å². The van der Waals surface area contributed by atoms with Crippen molar-refractivity contribution in [1.82, 2.24) is 29.8 Å². The van der Waals surface area contributed by atoms with Gasteiger partial charge in [-0.3, -0.25) is 9.58 Å². The maximum Gasteiger partial charge on any atom is 0.226 e. The molecule has 2 aromatic rings. The van der Waals surface area contributed by atoms with E-state index in [0.717, 1.165) is 44.2 Å². The summed E-state index contributed by atoms with van der Waals surface area (Å²) in [5.74, 6) is 1.54. The molecule has 3 heterocycles.